The van der Waals surface area contributed by atoms with Crippen molar-refractivity contribution in [2.45, 2.75) is 50.3 Å². The van der Waals surface area contributed by atoms with Crippen LogP contribution in [0, 0.1) is 5.92 Å². The van der Waals surface area contributed by atoms with Gasteiger partial charge in [-0.05, 0) is 36.5 Å². The van der Waals surface area contributed by atoms with Crippen molar-refractivity contribution < 1.29 is 9.47 Å². The quantitative estimate of drug-likeness (QED) is 0.477. The third-order valence-corrected chi connectivity index (χ3v) is 5.76. The second-order valence-electron chi connectivity index (χ2n) is 6.02. The second-order valence-corrected chi connectivity index (χ2v) is 7.35. The average Bonchev–Trinajstić information content (AvgIpc) is 2.88. The van der Waals surface area contributed by atoms with Crippen molar-refractivity contribution in [2.75, 3.05) is 13.2 Å². The zero-order valence-corrected chi connectivity index (χ0v) is 14.6. The monoisotopic (exact) mass is 372 g/mol. The van der Waals surface area contributed by atoms with Crippen molar-refractivity contribution in [3.63, 3.8) is 0 Å². The molecule has 1 saturated carbocycles. The van der Waals surface area contributed by atoms with E-state index in [2.05, 4.69) is 22.0 Å². The van der Waals surface area contributed by atoms with Crippen molar-refractivity contribution in [3.05, 3.63) is 22.2 Å². The molecule has 1 aromatic rings. The Bertz CT molecular complexity index is 484. The van der Waals surface area contributed by atoms with Crippen molar-refractivity contribution in [1.29, 1.82) is 0 Å². The summed E-state index contributed by atoms with van der Waals surface area (Å²) in [5.74, 6) is 2.23. The van der Waals surface area contributed by atoms with Crippen LogP contribution in [0.3, 0.4) is 0 Å². The molecule has 0 saturated heterocycles. The Kier molecular flexibility index (Phi) is 5.33. The van der Waals surface area contributed by atoms with E-state index in [0.29, 0.717) is 19.1 Å². The first kappa shape index (κ1) is 15.5. The molecule has 0 radical (unpaired) electrons. The van der Waals surface area contributed by atoms with Gasteiger partial charge in [0.25, 0.3) is 0 Å². The van der Waals surface area contributed by atoms with Crippen LogP contribution in [0.15, 0.2) is 16.6 Å². The summed E-state index contributed by atoms with van der Waals surface area (Å²) in [5.41, 5.74) is 1.15. The largest absolute Gasteiger partial charge is 0.490 e. The van der Waals surface area contributed by atoms with Crippen LogP contribution in [0.4, 0.5) is 0 Å². The molecule has 1 fully saturated rings. The number of alkyl halides is 1. The molecule has 1 unspecified atom stereocenters. The number of halogens is 2. The average molecular weight is 374 g/mol. The predicted molar refractivity (Wildman–Crippen MR) is 89.5 cm³/mol. The molecule has 1 aliphatic heterocycles. The summed E-state index contributed by atoms with van der Waals surface area (Å²) >= 11 is 10.5. The van der Waals surface area contributed by atoms with E-state index >= 15 is 0 Å². The standard InChI is InChI=1S/C17H22BrClO2/c18-14-11-16-15(20-8-5-9-21-16)10-13(14)17(19)12-6-3-1-2-4-7-12/h10-12,17H,1-9H2. The first-order valence-electron chi connectivity index (χ1n) is 7.99. The maximum absolute atomic E-state index is 6.82. The fourth-order valence-electron chi connectivity index (χ4n) is 3.27. The van der Waals surface area contributed by atoms with Crippen LogP contribution in [0.1, 0.15) is 55.9 Å². The van der Waals surface area contributed by atoms with Gasteiger partial charge in [-0.1, -0.05) is 41.6 Å². The van der Waals surface area contributed by atoms with Gasteiger partial charge in [0.2, 0.25) is 0 Å². The number of hydrogen-bond donors (Lipinski definition) is 0. The highest BCUT2D eigenvalue weighted by molar-refractivity contribution is 9.10. The van der Waals surface area contributed by atoms with Crippen LogP contribution < -0.4 is 9.47 Å². The van der Waals surface area contributed by atoms with Gasteiger partial charge in [0.05, 0.1) is 18.6 Å². The van der Waals surface area contributed by atoms with Crippen molar-refractivity contribution in [1.82, 2.24) is 0 Å². The Morgan fingerprint density at radius 2 is 1.57 bits per heavy atom. The third kappa shape index (κ3) is 3.68. The first-order chi connectivity index (χ1) is 10.3. The van der Waals surface area contributed by atoms with Crippen LogP contribution in [-0.2, 0) is 0 Å². The Balaban J connectivity index is 1.84. The Morgan fingerprint density at radius 1 is 0.952 bits per heavy atom. The predicted octanol–water partition coefficient (Wildman–Crippen LogP) is 5.86. The van der Waals surface area contributed by atoms with E-state index in [4.69, 9.17) is 21.1 Å². The molecule has 1 aromatic carbocycles. The highest BCUT2D eigenvalue weighted by atomic mass is 79.9. The van der Waals surface area contributed by atoms with Crippen LogP contribution >= 0.6 is 27.5 Å². The van der Waals surface area contributed by atoms with E-state index in [1.807, 2.05) is 6.07 Å². The molecule has 1 atom stereocenters. The highest BCUT2D eigenvalue weighted by Crippen LogP contribution is 2.44. The normalized spacial score (nSPS) is 21.4. The number of benzene rings is 1. The lowest BCUT2D eigenvalue weighted by Gasteiger charge is -2.23. The minimum atomic E-state index is 0.0506. The lowest BCUT2D eigenvalue weighted by molar-refractivity contribution is 0.297. The number of hydrogen-bond acceptors (Lipinski definition) is 2. The topological polar surface area (TPSA) is 18.5 Å². The van der Waals surface area contributed by atoms with Crippen LogP contribution in [0.2, 0.25) is 0 Å². The minimum absolute atomic E-state index is 0.0506. The third-order valence-electron chi connectivity index (χ3n) is 4.48. The zero-order valence-electron chi connectivity index (χ0n) is 12.2. The summed E-state index contributed by atoms with van der Waals surface area (Å²) in [7, 11) is 0. The smallest absolute Gasteiger partial charge is 0.162 e. The van der Waals surface area contributed by atoms with Crippen LogP contribution in [0.25, 0.3) is 0 Å². The van der Waals surface area contributed by atoms with Gasteiger partial charge in [-0.25, -0.2) is 0 Å². The van der Waals surface area contributed by atoms with E-state index in [9.17, 15) is 0 Å². The van der Waals surface area contributed by atoms with Crippen molar-refractivity contribution in [3.8, 4) is 11.5 Å². The molecule has 1 aliphatic carbocycles. The number of rotatable bonds is 2. The van der Waals surface area contributed by atoms with Gasteiger partial charge in [0.1, 0.15) is 0 Å². The van der Waals surface area contributed by atoms with E-state index in [-0.39, 0.29) is 5.38 Å². The zero-order chi connectivity index (χ0) is 14.7. The summed E-state index contributed by atoms with van der Waals surface area (Å²) < 4.78 is 12.6. The first-order valence-corrected chi connectivity index (χ1v) is 9.22. The molecule has 2 nitrogen and oxygen atoms in total. The fourth-order valence-corrected chi connectivity index (χ4v) is 4.40. The Labute approximate surface area is 140 Å². The maximum Gasteiger partial charge on any atom is 0.162 e. The van der Waals surface area contributed by atoms with E-state index in [1.165, 1.54) is 38.5 Å². The molecule has 0 bridgehead atoms. The molecule has 116 valence electrons. The van der Waals surface area contributed by atoms with Crippen LogP contribution in [-0.4, -0.2) is 13.2 Å². The fraction of sp³-hybridized carbons (Fsp3) is 0.647. The maximum atomic E-state index is 6.82. The molecule has 0 spiro atoms. The number of ether oxygens (including phenoxy) is 2. The van der Waals surface area contributed by atoms with Gasteiger partial charge in [-0.15, -0.1) is 11.6 Å². The minimum Gasteiger partial charge on any atom is -0.490 e. The van der Waals surface area contributed by atoms with E-state index in [1.54, 1.807) is 0 Å². The summed E-state index contributed by atoms with van der Waals surface area (Å²) in [6.45, 7) is 1.43. The van der Waals surface area contributed by atoms with Gasteiger partial charge in [0, 0.05) is 10.9 Å². The summed E-state index contributed by atoms with van der Waals surface area (Å²) in [4.78, 5) is 0. The van der Waals surface area contributed by atoms with Gasteiger partial charge in [-0.2, -0.15) is 0 Å². The molecular weight excluding hydrogens is 352 g/mol. The SMILES string of the molecule is ClC(c1cc2c(cc1Br)OCCCO2)C1CCCCCC1. The van der Waals surface area contributed by atoms with Gasteiger partial charge < -0.3 is 9.47 Å². The molecule has 0 aromatic heterocycles. The van der Waals surface area contributed by atoms with Gasteiger partial charge in [-0.3, -0.25) is 0 Å². The Hall–Kier alpha value is -0.410. The summed E-state index contributed by atoms with van der Waals surface area (Å²) in [6.07, 6.45) is 8.69. The molecular formula is C17H22BrClO2. The van der Waals surface area contributed by atoms with Gasteiger partial charge >= 0.3 is 0 Å². The lowest BCUT2D eigenvalue weighted by atomic mass is 9.91. The summed E-state index contributed by atoms with van der Waals surface area (Å²) in [5, 5.41) is 0.0506. The molecule has 0 amide bonds. The van der Waals surface area contributed by atoms with E-state index < -0.39 is 0 Å². The van der Waals surface area contributed by atoms with Gasteiger partial charge in [0.15, 0.2) is 11.5 Å². The molecule has 3 rings (SSSR count). The molecule has 4 heteroatoms. The highest BCUT2D eigenvalue weighted by Gasteiger charge is 2.26. The second kappa shape index (κ2) is 7.23. The molecule has 0 N–H and O–H groups in total. The molecule has 2 aliphatic rings. The number of fused-ring (bicyclic) bond motifs is 1. The summed E-state index contributed by atoms with van der Waals surface area (Å²) in [6, 6.07) is 4.09. The van der Waals surface area contributed by atoms with Crippen molar-refractivity contribution in [2.24, 2.45) is 5.92 Å². The molecule has 1 heterocycles. The van der Waals surface area contributed by atoms with Crippen molar-refractivity contribution >= 4 is 27.5 Å². The van der Waals surface area contributed by atoms with E-state index in [0.717, 1.165) is 28.0 Å². The Morgan fingerprint density at radius 3 is 2.24 bits per heavy atom. The lowest BCUT2D eigenvalue weighted by Crippen LogP contribution is -2.08. The molecule has 21 heavy (non-hydrogen) atoms. The van der Waals surface area contributed by atoms with Crippen LogP contribution in [0.5, 0.6) is 11.5 Å².